The first-order valence-electron chi connectivity index (χ1n) is 4.78. The summed E-state index contributed by atoms with van der Waals surface area (Å²) >= 11 is 4.88. The number of hydrogen-bond acceptors (Lipinski definition) is 5. The average Bonchev–Trinajstić information content (AvgIpc) is 2.81. The number of rotatable bonds is 4. The van der Waals surface area contributed by atoms with Crippen LogP contribution in [0.25, 0.3) is 0 Å². The smallest absolute Gasteiger partial charge is 0.0670 e. The number of hydrazine groups is 1. The molecule has 0 aliphatic rings. The van der Waals surface area contributed by atoms with Gasteiger partial charge in [-0.25, -0.2) is 0 Å². The minimum Gasteiger partial charge on any atom is -0.271 e. The average molecular weight is 299 g/mol. The van der Waals surface area contributed by atoms with E-state index in [9.17, 15) is 0 Å². The fourth-order valence-corrected chi connectivity index (χ4v) is 2.46. The van der Waals surface area contributed by atoms with Crippen molar-refractivity contribution in [2.24, 2.45) is 5.84 Å². The molecule has 1 heterocycles. The second-order valence-electron chi connectivity index (χ2n) is 3.33. The van der Waals surface area contributed by atoms with Gasteiger partial charge >= 0.3 is 0 Å². The molecule has 2 aromatic rings. The molecule has 3 N–H and O–H groups in total. The highest BCUT2D eigenvalue weighted by Gasteiger charge is 2.14. The van der Waals surface area contributed by atoms with Gasteiger partial charge in [-0.3, -0.25) is 11.3 Å². The maximum absolute atomic E-state index is 5.55. The van der Waals surface area contributed by atoms with E-state index in [1.165, 1.54) is 17.1 Å². The minimum absolute atomic E-state index is 0.0544. The number of nitrogens with zero attached hydrogens (tertiary/aromatic N) is 2. The molecule has 16 heavy (non-hydrogen) atoms. The Morgan fingerprint density at radius 1 is 1.44 bits per heavy atom. The highest BCUT2D eigenvalue weighted by molar-refractivity contribution is 9.10. The fourth-order valence-electron chi connectivity index (χ4n) is 1.45. The van der Waals surface area contributed by atoms with E-state index >= 15 is 0 Å². The van der Waals surface area contributed by atoms with E-state index in [4.69, 9.17) is 5.84 Å². The van der Waals surface area contributed by atoms with E-state index in [1.54, 1.807) is 6.20 Å². The predicted octanol–water partition coefficient (Wildman–Crippen LogP) is 2.05. The Labute approximate surface area is 106 Å². The predicted molar refractivity (Wildman–Crippen MR) is 67.8 cm³/mol. The van der Waals surface area contributed by atoms with Gasteiger partial charge in [0.2, 0.25) is 0 Å². The van der Waals surface area contributed by atoms with Crippen molar-refractivity contribution in [1.82, 2.24) is 15.0 Å². The molecular formula is C10H11BrN4S. The van der Waals surface area contributed by atoms with Crippen molar-refractivity contribution >= 4 is 27.5 Å². The Hall–Kier alpha value is -0.820. The molecule has 6 heteroatoms. The summed E-state index contributed by atoms with van der Waals surface area (Å²) in [6.07, 6.45) is 2.55. The maximum atomic E-state index is 5.55. The number of nitrogens with two attached hydrogens (primary N) is 1. The third-order valence-corrected chi connectivity index (χ3v) is 3.86. The summed E-state index contributed by atoms with van der Waals surface area (Å²) in [5.74, 6) is 5.55. The molecule has 1 unspecified atom stereocenters. The van der Waals surface area contributed by atoms with Gasteiger partial charge in [-0.2, -0.15) is 0 Å². The molecule has 0 saturated carbocycles. The Balaban J connectivity index is 2.17. The zero-order valence-corrected chi connectivity index (χ0v) is 10.8. The van der Waals surface area contributed by atoms with Gasteiger partial charge in [0.15, 0.2) is 0 Å². The van der Waals surface area contributed by atoms with Crippen LogP contribution < -0.4 is 11.3 Å². The molecule has 0 aliphatic carbocycles. The third kappa shape index (κ3) is 2.65. The number of hydrogen-bond donors (Lipinski definition) is 2. The number of benzene rings is 1. The quantitative estimate of drug-likeness (QED) is 0.670. The minimum atomic E-state index is 0.0544. The molecule has 0 aliphatic heterocycles. The normalized spacial score (nSPS) is 12.6. The van der Waals surface area contributed by atoms with Crippen LogP contribution in [0.2, 0.25) is 0 Å². The molecule has 0 amide bonds. The van der Waals surface area contributed by atoms with E-state index in [0.717, 1.165) is 15.8 Å². The summed E-state index contributed by atoms with van der Waals surface area (Å²) in [6.45, 7) is 0. The first kappa shape index (κ1) is 11.7. The van der Waals surface area contributed by atoms with Crippen LogP contribution in [0.4, 0.5) is 0 Å². The van der Waals surface area contributed by atoms with Crippen molar-refractivity contribution in [2.75, 3.05) is 0 Å². The summed E-state index contributed by atoms with van der Waals surface area (Å²) < 4.78 is 4.93. The highest BCUT2D eigenvalue weighted by atomic mass is 79.9. The van der Waals surface area contributed by atoms with Crippen LogP contribution in [0.1, 0.15) is 16.5 Å². The lowest BCUT2D eigenvalue weighted by atomic mass is 10.1. The SMILES string of the molecule is NNC(Cc1ccccc1Br)c1cnns1. The highest BCUT2D eigenvalue weighted by Crippen LogP contribution is 2.24. The summed E-state index contributed by atoms with van der Waals surface area (Å²) in [5, 5.41) is 3.82. The summed E-state index contributed by atoms with van der Waals surface area (Å²) in [4.78, 5) is 1.04. The van der Waals surface area contributed by atoms with E-state index in [1.807, 2.05) is 18.2 Å². The lowest BCUT2D eigenvalue weighted by Crippen LogP contribution is -2.29. The van der Waals surface area contributed by atoms with Crippen molar-refractivity contribution in [3.05, 3.63) is 45.4 Å². The van der Waals surface area contributed by atoms with Gasteiger partial charge in [0.25, 0.3) is 0 Å². The van der Waals surface area contributed by atoms with Crippen molar-refractivity contribution in [2.45, 2.75) is 12.5 Å². The number of nitrogens with one attached hydrogen (secondary N) is 1. The van der Waals surface area contributed by atoms with Crippen molar-refractivity contribution in [1.29, 1.82) is 0 Å². The molecule has 2 rings (SSSR count). The van der Waals surface area contributed by atoms with Crippen LogP contribution in [-0.4, -0.2) is 9.59 Å². The van der Waals surface area contributed by atoms with Crippen molar-refractivity contribution in [3.63, 3.8) is 0 Å². The monoisotopic (exact) mass is 298 g/mol. The van der Waals surface area contributed by atoms with Crippen LogP contribution in [0.5, 0.6) is 0 Å². The van der Waals surface area contributed by atoms with Gasteiger partial charge in [0, 0.05) is 4.47 Å². The summed E-state index contributed by atoms with van der Waals surface area (Å²) in [7, 11) is 0. The van der Waals surface area contributed by atoms with E-state index in [0.29, 0.717) is 0 Å². The second-order valence-corrected chi connectivity index (χ2v) is 5.01. The molecule has 1 aromatic carbocycles. The molecule has 0 bridgehead atoms. The van der Waals surface area contributed by atoms with Crippen LogP contribution in [-0.2, 0) is 6.42 Å². The first-order chi connectivity index (χ1) is 7.81. The van der Waals surface area contributed by atoms with Crippen LogP contribution in [0.3, 0.4) is 0 Å². The topological polar surface area (TPSA) is 63.8 Å². The Morgan fingerprint density at radius 3 is 2.88 bits per heavy atom. The number of halogens is 1. The fraction of sp³-hybridized carbons (Fsp3) is 0.200. The van der Waals surface area contributed by atoms with Gasteiger partial charge in [-0.1, -0.05) is 38.6 Å². The zero-order chi connectivity index (χ0) is 11.4. The largest absolute Gasteiger partial charge is 0.271 e. The van der Waals surface area contributed by atoms with Gasteiger partial charge in [0.1, 0.15) is 0 Å². The Kier molecular flexibility index (Phi) is 4.00. The lowest BCUT2D eigenvalue weighted by Gasteiger charge is -2.14. The third-order valence-electron chi connectivity index (χ3n) is 2.30. The van der Waals surface area contributed by atoms with Gasteiger partial charge in [0.05, 0.1) is 17.1 Å². The molecule has 0 fully saturated rings. The second kappa shape index (κ2) is 5.49. The lowest BCUT2D eigenvalue weighted by molar-refractivity contribution is 0.559. The molecule has 84 valence electrons. The van der Waals surface area contributed by atoms with Gasteiger partial charge in [-0.05, 0) is 29.6 Å². The molecule has 0 saturated heterocycles. The van der Waals surface area contributed by atoms with Gasteiger partial charge < -0.3 is 0 Å². The first-order valence-corrected chi connectivity index (χ1v) is 6.34. The standard InChI is InChI=1S/C10H11BrN4S/c11-8-4-2-1-3-7(8)5-9(14-12)10-6-13-15-16-10/h1-4,6,9,14H,5,12H2. The zero-order valence-electron chi connectivity index (χ0n) is 8.43. The maximum Gasteiger partial charge on any atom is 0.0670 e. The molecule has 1 aromatic heterocycles. The Morgan fingerprint density at radius 2 is 2.25 bits per heavy atom. The summed E-state index contributed by atoms with van der Waals surface area (Å²) in [5.41, 5.74) is 4.00. The van der Waals surface area contributed by atoms with Crippen molar-refractivity contribution < 1.29 is 0 Å². The number of aromatic nitrogens is 2. The molecule has 0 spiro atoms. The van der Waals surface area contributed by atoms with Crippen LogP contribution in [0.15, 0.2) is 34.9 Å². The molecular weight excluding hydrogens is 288 g/mol. The molecule has 4 nitrogen and oxygen atoms in total. The van der Waals surface area contributed by atoms with E-state index < -0.39 is 0 Å². The summed E-state index contributed by atoms with van der Waals surface area (Å²) in [6, 6.07) is 8.15. The van der Waals surface area contributed by atoms with Crippen LogP contribution in [0, 0.1) is 0 Å². The molecule has 0 radical (unpaired) electrons. The van der Waals surface area contributed by atoms with Crippen molar-refractivity contribution in [3.8, 4) is 0 Å². The van der Waals surface area contributed by atoms with Gasteiger partial charge in [-0.15, -0.1) is 5.10 Å². The van der Waals surface area contributed by atoms with Crippen LogP contribution >= 0.6 is 27.5 Å². The van der Waals surface area contributed by atoms with E-state index in [2.05, 4.69) is 37.0 Å². The van der Waals surface area contributed by atoms with E-state index in [-0.39, 0.29) is 6.04 Å². The Bertz CT molecular complexity index is 446. The molecule has 1 atom stereocenters.